The molecule has 0 saturated carbocycles. The van der Waals surface area contributed by atoms with Gasteiger partial charge in [-0.2, -0.15) is 5.26 Å². The topological polar surface area (TPSA) is 52.9 Å². The van der Waals surface area contributed by atoms with Gasteiger partial charge in [0.2, 0.25) is 5.91 Å². The van der Waals surface area contributed by atoms with Crippen LogP contribution in [0.3, 0.4) is 0 Å². The van der Waals surface area contributed by atoms with Crippen LogP contribution in [0.2, 0.25) is 0 Å². The van der Waals surface area contributed by atoms with Crippen molar-refractivity contribution < 1.29 is 4.79 Å². The Morgan fingerprint density at radius 2 is 2.21 bits per heavy atom. The maximum Gasteiger partial charge on any atom is 0.227 e. The largest absolute Gasteiger partial charge is 0.325 e. The third-order valence-corrected chi connectivity index (χ3v) is 3.62. The predicted molar refractivity (Wildman–Crippen MR) is 80.8 cm³/mol. The van der Waals surface area contributed by atoms with Gasteiger partial charge >= 0.3 is 0 Å². The fourth-order valence-corrected chi connectivity index (χ4v) is 2.28. The molecule has 1 rings (SSSR count). The maximum absolute atomic E-state index is 12.2. The van der Waals surface area contributed by atoms with Crippen LogP contribution in [0.15, 0.2) is 22.7 Å². The number of rotatable bonds is 6. The van der Waals surface area contributed by atoms with Gasteiger partial charge in [0.25, 0.3) is 0 Å². The van der Waals surface area contributed by atoms with E-state index in [9.17, 15) is 4.79 Å². The van der Waals surface area contributed by atoms with Gasteiger partial charge < -0.3 is 5.32 Å². The van der Waals surface area contributed by atoms with Gasteiger partial charge in [-0.1, -0.05) is 42.6 Å². The lowest BCUT2D eigenvalue weighted by molar-refractivity contribution is -0.120. The number of benzene rings is 1. The lowest BCUT2D eigenvalue weighted by Crippen LogP contribution is -2.22. The van der Waals surface area contributed by atoms with E-state index < -0.39 is 0 Å². The van der Waals surface area contributed by atoms with Crippen molar-refractivity contribution in [2.45, 2.75) is 39.5 Å². The highest BCUT2D eigenvalue weighted by Gasteiger charge is 2.17. The van der Waals surface area contributed by atoms with Crippen LogP contribution < -0.4 is 5.32 Å². The minimum Gasteiger partial charge on any atom is -0.325 e. The van der Waals surface area contributed by atoms with Gasteiger partial charge in [-0.3, -0.25) is 4.79 Å². The van der Waals surface area contributed by atoms with Crippen LogP contribution in [-0.2, 0) is 4.79 Å². The van der Waals surface area contributed by atoms with Crippen molar-refractivity contribution in [3.05, 3.63) is 28.2 Å². The van der Waals surface area contributed by atoms with Gasteiger partial charge in [-0.15, -0.1) is 0 Å². The van der Waals surface area contributed by atoms with E-state index in [1.54, 1.807) is 12.1 Å². The molecule has 1 amide bonds. The molecule has 19 heavy (non-hydrogen) atoms. The number of nitrogens with one attached hydrogen (secondary N) is 1. The Balaban J connectivity index is 2.78. The Labute approximate surface area is 123 Å². The van der Waals surface area contributed by atoms with E-state index in [2.05, 4.69) is 34.2 Å². The van der Waals surface area contributed by atoms with Crippen molar-refractivity contribution in [1.82, 2.24) is 0 Å². The smallest absolute Gasteiger partial charge is 0.227 e. The molecular formula is C15H19BrN2O. The fourth-order valence-electron chi connectivity index (χ4n) is 1.92. The monoisotopic (exact) mass is 322 g/mol. The van der Waals surface area contributed by atoms with Crippen LogP contribution in [0.25, 0.3) is 0 Å². The highest BCUT2D eigenvalue weighted by Crippen LogP contribution is 2.22. The summed E-state index contributed by atoms with van der Waals surface area (Å²) in [6.07, 6.45) is 3.87. The molecule has 4 heteroatoms. The molecule has 1 aromatic rings. The molecule has 1 atom stereocenters. The first-order valence-electron chi connectivity index (χ1n) is 6.62. The SMILES string of the molecule is CCCCC(CC)C(=O)Nc1ccc(Br)cc1C#N. The number of carbonyl (C=O) groups excluding carboxylic acids is 1. The first kappa shape index (κ1) is 15.7. The van der Waals surface area contributed by atoms with Crippen LogP contribution >= 0.6 is 15.9 Å². The Hall–Kier alpha value is -1.34. The summed E-state index contributed by atoms with van der Waals surface area (Å²) < 4.78 is 0.833. The van der Waals surface area contributed by atoms with Gasteiger partial charge in [0.1, 0.15) is 6.07 Å². The molecule has 0 bridgehead atoms. The zero-order chi connectivity index (χ0) is 14.3. The molecule has 102 valence electrons. The highest BCUT2D eigenvalue weighted by atomic mass is 79.9. The zero-order valence-corrected chi connectivity index (χ0v) is 13.0. The second-order valence-electron chi connectivity index (χ2n) is 4.54. The predicted octanol–water partition coefficient (Wildman–Crippen LogP) is 4.48. The number of halogens is 1. The van der Waals surface area contributed by atoms with Crippen molar-refractivity contribution >= 4 is 27.5 Å². The average Bonchev–Trinajstić information content (AvgIpc) is 2.41. The number of hydrogen-bond donors (Lipinski definition) is 1. The minimum atomic E-state index is 0.00905. The molecule has 0 aliphatic rings. The zero-order valence-electron chi connectivity index (χ0n) is 11.4. The molecule has 0 spiro atoms. The number of nitriles is 1. The normalized spacial score (nSPS) is 11.7. The van der Waals surface area contributed by atoms with E-state index >= 15 is 0 Å². The van der Waals surface area contributed by atoms with Crippen molar-refractivity contribution in [2.24, 2.45) is 5.92 Å². The minimum absolute atomic E-state index is 0.00905. The van der Waals surface area contributed by atoms with Gasteiger partial charge in [-0.05, 0) is 31.0 Å². The number of nitrogens with zero attached hydrogens (tertiary/aromatic N) is 1. The Bertz CT molecular complexity index is 480. The van der Waals surface area contributed by atoms with E-state index in [1.807, 2.05) is 13.0 Å². The van der Waals surface area contributed by atoms with Crippen molar-refractivity contribution in [2.75, 3.05) is 5.32 Å². The summed E-state index contributed by atoms with van der Waals surface area (Å²) in [6.45, 7) is 4.14. The Morgan fingerprint density at radius 3 is 2.79 bits per heavy atom. The summed E-state index contributed by atoms with van der Waals surface area (Å²) in [5, 5.41) is 11.9. The quantitative estimate of drug-likeness (QED) is 0.839. The molecule has 1 aromatic carbocycles. The van der Waals surface area contributed by atoms with E-state index in [0.29, 0.717) is 11.3 Å². The van der Waals surface area contributed by atoms with E-state index in [4.69, 9.17) is 5.26 Å². The summed E-state index contributed by atoms with van der Waals surface area (Å²) in [5.74, 6) is 0.0323. The molecule has 3 nitrogen and oxygen atoms in total. The Kier molecular flexibility index (Phi) is 6.58. The molecule has 0 aliphatic carbocycles. The van der Waals surface area contributed by atoms with Crippen LogP contribution in [0.5, 0.6) is 0 Å². The summed E-state index contributed by atoms with van der Waals surface area (Å²) in [7, 11) is 0. The van der Waals surface area contributed by atoms with Gasteiger partial charge in [-0.25, -0.2) is 0 Å². The molecule has 1 unspecified atom stereocenters. The van der Waals surface area contributed by atoms with Crippen LogP contribution in [0.4, 0.5) is 5.69 Å². The fraction of sp³-hybridized carbons (Fsp3) is 0.467. The number of unbranched alkanes of at least 4 members (excludes halogenated alkanes) is 1. The van der Waals surface area contributed by atoms with Gasteiger partial charge in [0.05, 0.1) is 11.3 Å². The summed E-state index contributed by atoms with van der Waals surface area (Å²) in [4.78, 5) is 12.2. The standard InChI is InChI=1S/C15H19BrN2O/c1-3-5-6-11(4-2)15(19)18-14-8-7-13(16)9-12(14)10-17/h7-9,11H,3-6H2,1-2H3,(H,18,19). The Morgan fingerprint density at radius 1 is 1.47 bits per heavy atom. The maximum atomic E-state index is 12.2. The third-order valence-electron chi connectivity index (χ3n) is 3.13. The molecule has 1 N–H and O–H groups in total. The molecular weight excluding hydrogens is 304 g/mol. The van der Waals surface area contributed by atoms with E-state index in [0.717, 1.165) is 30.2 Å². The molecule has 0 aliphatic heterocycles. The van der Waals surface area contributed by atoms with Gasteiger partial charge in [0.15, 0.2) is 0 Å². The van der Waals surface area contributed by atoms with Gasteiger partial charge in [0, 0.05) is 10.4 Å². The van der Waals surface area contributed by atoms with Crippen LogP contribution in [0, 0.1) is 17.2 Å². The second-order valence-corrected chi connectivity index (χ2v) is 5.45. The molecule has 0 fully saturated rings. The van der Waals surface area contributed by atoms with Crippen molar-refractivity contribution in [3.8, 4) is 6.07 Å². The number of anilines is 1. The summed E-state index contributed by atoms with van der Waals surface area (Å²) in [6, 6.07) is 7.39. The molecule has 0 saturated heterocycles. The summed E-state index contributed by atoms with van der Waals surface area (Å²) >= 11 is 3.32. The van der Waals surface area contributed by atoms with Crippen LogP contribution in [-0.4, -0.2) is 5.91 Å². The first-order valence-corrected chi connectivity index (χ1v) is 7.42. The second kappa shape index (κ2) is 7.96. The lowest BCUT2D eigenvalue weighted by atomic mass is 9.98. The average molecular weight is 323 g/mol. The first-order chi connectivity index (χ1) is 9.12. The van der Waals surface area contributed by atoms with E-state index in [1.165, 1.54) is 0 Å². The highest BCUT2D eigenvalue weighted by molar-refractivity contribution is 9.10. The lowest BCUT2D eigenvalue weighted by Gasteiger charge is -2.15. The molecule has 0 radical (unpaired) electrons. The number of carbonyl (C=O) groups is 1. The van der Waals surface area contributed by atoms with E-state index in [-0.39, 0.29) is 11.8 Å². The number of amides is 1. The molecule has 0 aromatic heterocycles. The van der Waals surface area contributed by atoms with Crippen LogP contribution in [0.1, 0.15) is 45.1 Å². The van der Waals surface area contributed by atoms with Crippen molar-refractivity contribution in [3.63, 3.8) is 0 Å². The third kappa shape index (κ3) is 4.68. The molecule has 0 heterocycles. The summed E-state index contributed by atoms with van der Waals surface area (Å²) in [5.41, 5.74) is 1.07. The number of hydrogen-bond acceptors (Lipinski definition) is 2. The van der Waals surface area contributed by atoms with Crippen molar-refractivity contribution in [1.29, 1.82) is 5.26 Å².